The molecule has 0 bridgehead atoms. The number of rotatable bonds is 6. The second-order valence-corrected chi connectivity index (χ2v) is 13.3. The lowest BCUT2D eigenvalue weighted by atomic mass is 9.86. The Morgan fingerprint density at radius 1 is 1.19 bits per heavy atom. The largest absolute Gasteiger partial charge is 0.481 e. The zero-order valence-electron chi connectivity index (χ0n) is 23.2. The summed E-state index contributed by atoms with van der Waals surface area (Å²) in [6, 6.07) is 8.01. The first-order valence-corrected chi connectivity index (χ1v) is 15.6. The van der Waals surface area contributed by atoms with Gasteiger partial charge in [-0.3, -0.25) is 9.20 Å². The summed E-state index contributed by atoms with van der Waals surface area (Å²) in [4.78, 5) is 18.0. The van der Waals surface area contributed by atoms with Crippen molar-refractivity contribution in [2.75, 3.05) is 18.0 Å². The van der Waals surface area contributed by atoms with Gasteiger partial charge in [0.15, 0.2) is 5.65 Å². The molecular weight excluding hydrogens is 595 g/mol. The first kappa shape index (κ1) is 30.8. The number of aryl methyl sites for hydroxylation is 2. The summed E-state index contributed by atoms with van der Waals surface area (Å²) in [7, 11) is -4.13. The van der Waals surface area contributed by atoms with E-state index in [1.54, 1.807) is 18.2 Å². The first-order valence-electron chi connectivity index (χ1n) is 13.8. The summed E-state index contributed by atoms with van der Waals surface area (Å²) >= 11 is 6.64. The van der Waals surface area contributed by atoms with Crippen LogP contribution in [-0.4, -0.2) is 62.5 Å². The standard InChI is InChI=1S/C29H30ClFN6O4S.CH4/c1-17-23(8-10-36-18(2)33-34-28(17)36)24(13-27(38)39)19-6-7-25(30)20(11-19)15-35-16-22-5-3-4-9-37(22)29-26(42(35,40)41)12-21(31)14-32-29;/h6-8,10-12,14,22,24H,3-5,9,13,15-16H2,1-2H3,(H,38,39);1H4/t22?,24-;/m0./s1. The van der Waals surface area contributed by atoms with Crippen molar-refractivity contribution < 1.29 is 22.7 Å². The highest BCUT2D eigenvalue weighted by atomic mass is 35.5. The molecule has 0 aliphatic carbocycles. The molecule has 13 heteroatoms. The normalized spacial score (nSPS) is 18.8. The maximum absolute atomic E-state index is 14.3. The molecule has 1 saturated heterocycles. The molecule has 228 valence electrons. The molecule has 2 atom stereocenters. The number of carboxylic acids is 1. The molecule has 10 nitrogen and oxygen atoms in total. The third kappa shape index (κ3) is 5.59. The van der Waals surface area contributed by atoms with Gasteiger partial charge in [-0.1, -0.05) is 31.2 Å². The molecule has 6 rings (SSSR count). The van der Waals surface area contributed by atoms with Crippen LogP contribution in [0.5, 0.6) is 0 Å². The Kier molecular flexibility index (Phi) is 8.47. The van der Waals surface area contributed by atoms with E-state index in [4.69, 9.17) is 11.6 Å². The van der Waals surface area contributed by atoms with Gasteiger partial charge in [-0.2, -0.15) is 4.31 Å². The molecule has 3 aromatic heterocycles. The van der Waals surface area contributed by atoms with E-state index in [0.717, 1.165) is 48.5 Å². The summed E-state index contributed by atoms with van der Waals surface area (Å²) in [5.74, 6) is -1.25. The average Bonchev–Trinajstić information content (AvgIpc) is 3.30. The third-order valence-electron chi connectivity index (χ3n) is 8.34. The maximum atomic E-state index is 14.3. The Morgan fingerprint density at radius 2 is 1.98 bits per heavy atom. The number of hydrogen-bond donors (Lipinski definition) is 1. The van der Waals surface area contributed by atoms with Gasteiger partial charge >= 0.3 is 5.97 Å². The molecule has 1 unspecified atom stereocenters. The molecule has 1 aromatic carbocycles. The second kappa shape index (κ2) is 11.8. The Balaban J connectivity index is 0.00000368. The predicted octanol–water partition coefficient (Wildman–Crippen LogP) is 5.34. The molecular formula is C30H34ClFN6O4S. The van der Waals surface area contributed by atoms with Crippen LogP contribution < -0.4 is 4.90 Å². The number of carbonyl (C=O) groups is 1. The van der Waals surface area contributed by atoms with Crippen molar-refractivity contribution in [1.29, 1.82) is 0 Å². The van der Waals surface area contributed by atoms with Crippen LogP contribution in [0.1, 0.15) is 67.1 Å². The number of benzene rings is 1. The fourth-order valence-corrected chi connectivity index (χ4v) is 8.00. The van der Waals surface area contributed by atoms with E-state index in [0.29, 0.717) is 28.3 Å². The van der Waals surface area contributed by atoms with Gasteiger partial charge in [0.25, 0.3) is 0 Å². The number of fused-ring (bicyclic) bond motifs is 4. The zero-order chi connectivity index (χ0) is 29.8. The monoisotopic (exact) mass is 628 g/mol. The van der Waals surface area contributed by atoms with Gasteiger partial charge in [0.1, 0.15) is 22.4 Å². The van der Waals surface area contributed by atoms with Gasteiger partial charge in [0.2, 0.25) is 10.0 Å². The van der Waals surface area contributed by atoms with E-state index in [2.05, 4.69) is 15.2 Å². The van der Waals surface area contributed by atoms with E-state index in [-0.39, 0.29) is 43.7 Å². The molecule has 2 aliphatic rings. The van der Waals surface area contributed by atoms with Crippen LogP contribution in [-0.2, 0) is 21.4 Å². The fourth-order valence-electron chi connectivity index (χ4n) is 6.20. The molecule has 2 aliphatic heterocycles. The van der Waals surface area contributed by atoms with E-state index in [1.165, 1.54) is 4.31 Å². The summed E-state index contributed by atoms with van der Waals surface area (Å²) in [5, 5.41) is 18.6. The Bertz CT molecular complexity index is 1810. The van der Waals surface area contributed by atoms with Gasteiger partial charge in [0.05, 0.1) is 12.6 Å². The number of hydrogen-bond acceptors (Lipinski definition) is 7. The summed E-state index contributed by atoms with van der Waals surface area (Å²) in [6.45, 7) is 4.50. The summed E-state index contributed by atoms with van der Waals surface area (Å²) < 4.78 is 45.4. The van der Waals surface area contributed by atoms with Crippen molar-refractivity contribution in [3.05, 3.63) is 81.6 Å². The number of carboxylic acid groups (broad SMARTS) is 1. The molecule has 1 N–H and O–H groups in total. The van der Waals surface area contributed by atoms with Crippen molar-refractivity contribution in [3.63, 3.8) is 0 Å². The molecule has 4 aromatic rings. The van der Waals surface area contributed by atoms with Crippen LogP contribution in [0.4, 0.5) is 10.2 Å². The van der Waals surface area contributed by atoms with Crippen molar-refractivity contribution in [3.8, 4) is 0 Å². The molecule has 0 saturated carbocycles. The van der Waals surface area contributed by atoms with Crippen molar-refractivity contribution in [2.45, 2.75) is 70.4 Å². The molecule has 1 fully saturated rings. The minimum absolute atomic E-state index is 0. The Hall–Kier alpha value is -3.61. The van der Waals surface area contributed by atoms with E-state index in [1.807, 2.05) is 35.4 Å². The van der Waals surface area contributed by atoms with Crippen LogP contribution in [0.15, 0.2) is 47.6 Å². The van der Waals surface area contributed by atoms with Crippen LogP contribution in [0.25, 0.3) is 5.65 Å². The molecule has 5 heterocycles. The Morgan fingerprint density at radius 3 is 2.74 bits per heavy atom. The number of aromatic nitrogens is 4. The minimum atomic E-state index is -4.13. The maximum Gasteiger partial charge on any atom is 0.304 e. The van der Waals surface area contributed by atoms with Gasteiger partial charge in [0, 0.05) is 42.8 Å². The van der Waals surface area contributed by atoms with Gasteiger partial charge in [-0.05, 0) is 73.6 Å². The van der Waals surface area contributed by atoms with Gasteiger partial charge in [-0.15, -0.1) is 10.2 Å². The molecule has 0 spiro atoms. The van der Waals surface area contributed by atoms with Crippen LogP contribution in [0, 0.1) is 19.7 Å². The Labute approximate surface area is 255 Å². The third-order valence-corrected chi connectivity index (χ3v) is 10.5. The number of anilines is 1. The van der Waals surface area contributed by atoms with Gasteiger partial charge < -0.3 is 10.0 Å². The number of sulfonamides is 1. The smallest absolute Gasteiger partial charge is 0.304 e. The number of pyridine rings is 2. The van der Waals surface area contributed by atoms with E-state index < -0.39 is 27.7 Å². The molecule has 0 radical (unpaired) electrons. The highest BCUT2D eigenvalue weighted by molar-refractivity contribution is 7.89. The van der Waals surface area contributed by atoms with E-state index >= 15 is 0 Å². The number of halogens is 2. The highest BCUT2D eigenvalue weighted by Crippen LogP contribution is 2.38. The van der Waals surface area contributed by atoms with Crippen molar-refractivity contribution in [1.82, 2.24) is 23.9 Å². The van der Waals surface area contributed by atoms with Crippen molar-refractivity contribution >= 4 is 39.1 Å². The van der Waals surface area contributed by atoms with Gasteiger partial charge in [-0.25, -0.2) is 17.8 Å². The first-order chi connectivity index (χ1) is 20.0. The average molecular weight is 629 g/mol. The number of nitrogens with zero attached hydrogens (tertiary/aromatic N) is 6. The lowest BCUT2D eigenvalue weighted by molar-refractivity contribution is -0.137. The molecule has 43 heavy (non-hydrogen) atoms. The summed E-state index contributed by atoms with van der Waals surface area (Å²) in [6.07, 6.45) is 5.31. The zero-order valence-corrected chi connectivity index (χ0v) is 24.7. The second-order valence-electron chi connectivity index (χ2n) is 11.0. The lowest BCUT2D eigenvalue weighted by Gasteiger charge is -2.36. The minimum Gasteiger partial charge on any atom is -0.481 e. The van der Waals surface area contributed by atoms with Crippen LogP contribution in [0.3, 0.4) is 0 Å². The number of piperidine rings is 1. The van der Waals surface area contributed by atoms with E-state index in [9.17, 15) is 22.7 Å². The molecule has 0 amide bonds. The van der Waals surface area contributed by atoms with Crippen LogP contribution in [0.2, 0.25) is 5.02 Å². The SMILES string of the molecule is C.Cc1c([C@@H](CC(=O)O)c2ccc(Cl)c(CN3CC4CCCCN4c4ncc(F)cc4S3(=O)=O)c2)ccn2c(C)nnc12. The predicted molar refractivity (Wildman–Crippen MR) is 162 cm³/mol. The van der Waals surface area contributed by atoms with Crippen LogP contribution >= 0.6 is 11.6 Å². The highest BCUT2D eigenvalue weighted by Gasteiger charge is 2.40. The quantitative estimate of drug-likeness (QED) is 0.304. The fraction of sp³-hybridized carbons (Fsp3) is 0.400. The summed E-state index contributed by atoms with van der Waals surface area (Å²) in [5.41, 5.74) is 3.43. The topological polar surface area (TPSA) is 121 Å². The number of aliphatic carboxylic acids is 1. The lowest BCUT2D eigenvalue weighted by Crippen LogP contribution is -2.45. The van der Waals surface area contributed by atoms with Crippen molar-refractivity contribution in [2.24, 2.45) is 0 Å².